The first-order valence-corrected chi connectivity index (χ1v) is 8.61. The molecule has 2 heterocycles. The number of para-hydroxylation sites is 1. The summed E-state index contributed by atoms with van der Waals surface area (Å²) in [5.41, 5.74) is 3.37. The summed E-state index contributed by atoms with van der Waals surface area (Å²) in [6.45, 7) is 2.01. The van der Waals surface area contributed by atoms with Crippen LogP contribution in [0.1, 0.15) is 22.8 Å². The molecule has 4 rings (SSSR count). The summed E-state index contributed by atoms with van der Waals surface area (Å²) in [4.78, 5) is 19.0. The SMILES string of the molecule is CC1Cc2ccccc2N1C(=O)c1cncc(Nc2ccc(F)c(F)c2)c1. The van der Waals surface area contributed by atoms with Crippen molar-refractivity contribution in [3.8, 4) is 0 Å². The maximum absolute atomic E-state index is 13.4. The zero-order valence-electron chi connectivity index (χ0n) is 14.6. The lowest BCUT2D eigenvalue weighted by molar-refractivity contribution is 0.0981. The number of fused-ring (bicyclic) bond motifs is 1. The van der Waals surface area contributed by atoms with Crippen molar-refractivity contribution < 1.29 is 13.6 Å². The largest absolute Gasteiger partial charge is 0.354 e. The summed E-state index contributed by atoms with van der Waals surface area (Å²) >= 11 is 0. The van der Waals surface area contributed by atoms with Crippen LogP contribution in [0.15, 0.2) is 60.9 Å². The molecule has 6 heteroatoms. The minimum atomic E-state index is -0.942. The minimum Gasteiger partial charge on any atom is -0.354 e. The molecule has 1 unspecified atom stereocenters. The Morgan fingerprint density at radius 3 is 2.70 bits per heavy atom. The number of carbonyl (C=O) groups excluding carboxylic acids is 1. The molecule has 0 radical (unpaired) electrons. The van der Waals surface area contributed by atoms with Gasteiger partial charge in [-0.15, -0.1) is 0 Å². The van der Waals surface area contributed by atoms with Gasteiger partial charge in [0.05, 0.1) is 17.4 Å². The monoisotopic (exact) mass is 365 g/mol. The van der Waals surface area contributed by atoms with Crippen LogP contribution in [0, 0.1) is 11.6 Å². The number of benzene rings is 2. The highest BCUT2D eigenvalue weighted by Gasteiger charge is 2.31. The van der Waals surface area contributed by atoms with Crippen LogP contribution in [0.3, 0.4) is 0 Å². The minimum absolute atomic E-state index is 0.0534. The van der Waals surface area contributed by atoms with Crippen molar-refractivity contribution in [3.63, 3.8) is 0 Å². The Morgan fingerprint density at radius 2 is 1.89 bits per heavy atom. The number of hydrogen-bond acceptors (Lipinski definition) is 3. The predicted octanol–water partition coefficient (Wildman–Crippen LogP) is 4.69. The van der Waals surface area contributed by atoms with Gasteiger partial charge in [-0.3, -0.25) is 9.78 Å². The van der Waals surface area contributed by atoms with E-state index < -0.39 is 11.6 Å². The van der Waals surface area contributed by atoms with Crippen LogP contribution in [-0.4, -0.2) is 16.9 Å². The van der Waals surface area contributed by atoms with Gasteiger partial charge in [0.15, 0.2) is 11.6 Å². The Balaban J connectivity index is 1.60. The molecule has 0 bridgehead atoms. The quantitative estimate of drug-likeness (QED) is 0.732. The second-order valence-corrected chi connectivity index (χ2v) is 6.57. The Kier molecular flexibility index (Phi) is 4.32. The van der Waals surface area contributed by atoms with E-state index in [0.29, 0.717) is 16.9 Å². The van der Waals surface area contributed by atoms with Crippen molar-refractivity contribution in [2.45, 2.75) is 19.4 Å². The van der Waals surface area contributed by atoms with Crippen LogP contribution >= 0.6 is 0 Å². The number of nitrogens with zero attached hydrogens (tertiary/aromatic N) is 2. The molecule has 0 aliphatic carbocycles. The van der Waals surface area contributed by atoms with Crippen molar-refractivity contribution in [2.75, 3.05) is 10.2 Å². The summed E-state index contributed by atoms with van der Waals surface area (Å²) in [6.07, 6.45) is 3.84. The third-order valence-corrected chi connectivity index (χ3v) is 4.62. The molecule has 2 aromatic carbocycles. The van der Waals surface area contributed by atoms with Gasteiger partial charge in [-0.1, -0.05) is 18.2 Å². The number of amides is 1. The molecule has 1 N–H and O–H groups in total. The summed E-state index contributed by atoms with van der Waals surface area (Å²) in [7, 11) is 0. The summed E-state index contributed by atoms with van der Waals surface area (Å²) in [5, 5.41) is 2.95. The van der Waals surface area contributed by atoms with E-state index in [1.165, 1.54) is 18.5 Å². The lowest BCUT2D eigenvalue weighted by atomic mass is 10.1. The summed E-state index contributed by atoms with van der Waals surface area (Å²) < 4.78 is 26.5. The number of pyridine rings is 1. The molecule has 4 nitrogen and oxygen atoms in total. The first kappa shape index (κ1) is 17.1. The fourth-order valence-electron chi connectivity index (χ4n) is 3.38. The molecule has 3 aromatic rings. The fraction of sp³-hybridized carbons (Fsp3) is 0.143. The molecular weight excluding hydrogens is 348 g/mol. The van der Waals surface area contributed by atoms with E-state index in [0.717, 1.165) is 29.8 Å². The lowest BCUT2D eigenvalue weighted by Crippen LogP contribution is -2.35. The third kappa shape index (κ3) is 3.26. The Bertz CT molecular complexity index is 1020. The lowest BCUT2D eigenvalue weighted by Gasteiger charge is -2.23. The highest BCUT2D eigenvalue weighted by molar-refractivity contribution is 6.08. The van der Waals surface area contributed by atoms with Gasteiger partial charge in [-0.05, 0) is 43.2 Å². The van der Waals surface area contributed by atoms with Gasteiger partial charge >= 0.3 is 0 Å². The highest BCUT2D eigenvalue weighted by Crippen LogP contribution is 2.33. The van der Waals surface area contributed by atoms with Crippen molar-refractivity contribution in [3.05, 3.63) is 83.7 Å². The van der Waals surface area contributed by atoms with E-state index in [1.807, 2.05) is 31.2 Å². The van der Waals surface area contributed by atoms with Gasteiger partial charge in [0.1, 0.15) is 0 Å². The van der Waals surface area contributed by atoms with E-state index in [1.54, 1.807) is 11.0 Å². The van der Waals surface area contributed by atoms with Crippen LogP contribution in [0.2, 0.25) is 0 Å². The Labute approximate surface area is 155 Å². The first-order chi connectivity index (χ1) is 13.0. The van der Waals surface area contributed by atoms with Gasteiger partial charge in [0.2, 0.25) is 0 Å². The normalized spacial score (nSPS) is 15.5. The molecule has 27 heavy (non-hydrogen) atoms. The van der Waals surface area contributed by atoms with E-state index >= 15 is 0 Å². The highest BCUT2D eigenvalue weighted by atomic mass is 19.2. The summed E-state index contributed by atoms with van der Waals surface area (Å²) in [6, 6.07) is 13.1. The molecular formula is C21H17F2N3O. The number of halogens is 2. The van der Waals surface area contributed by atoms with Gasteiger partial charge in [-0.2, -0.15) is 0 Å². The number of hydrogen-bond donors (Lipinski definition) is 1. The number of aromatic nitrogens is 1. The molecule has 136 valence electrons. The molecule has 0 saturated carbocycles. The third-order valence-electron chi connectivity index (χ3n) is 4.62. The first-order valence-electron chi connectivity index (χ1n) is 8.61. The topological polar surface area (TPSA) is 45.2 Å². The van der Waals surface area contributed by atoms with Crippen molar-refractivity contribution in [1.82, 2.24) is 4.98 Å². The molecule has 1 aromatic heterocycles. The Morgan fingerprint density at radius 1 is 1.07 bits per heavy atom. The second-order valence-electron chi connectivity index (χ2n) is 6.57. The van der Waals surface area contributed by atoms with Crippen LogP contribution in [0.25, 0.3) is 0 Å². The van der Waals surface area contributed by atoms with Crippen LogP contribution < -0.4 is 10.2 Å². The van der Waals surface area contributed by atoms with Gasteiger partial charge in [0, 0.05) is 29.7 Å². The van der Waals surface area contributed by atoms with Gasteiger partial charge in [0.25, 0.3) is 5.91 Å². The summed E-state index contributed by atoms with van der Waals surface area (Å²) in [5.74, 6) is -2.00. The molecule has 0 saturated heterocycles. The van der Waals surface area contributed by atoms with Crippen LogP contribution in [0.4, 0.5) is 25.8 Å². The smallest absolute Gasteiger partial charge is 0.260 e. The fourth-order valence-corrected chi connectivity index (χ4v) is 3.38. The average molecular weight is 365 g/mol. The predicted molar refractivity (Wildman–Crippen MR) is 100 cm³/mol. The van der Waals surface area contributed by atoms with E-state index in [9.17, 15) is 13.6 Å². The van der Waals surface area contributed by atoms with Crippen molar-refractivity contribution in [2.24, 2.45) is 0 Å². The standard InChI is InChI=1S/C21H17F2N3O/c1-13-8-14-4-2-3-5-20(14)26(13)21(27)15-9-17(12-24-11-15)25-16-6-7-18(22)19(23)10-16/h2-7,9-13,25H,8H2,1H3. The number of rotatable bonds is 3. The maximum atomic E-state index is 13.4. The molecule has 1 aliphatic rings. The molecule has 0 spiro atoms. The van der Waals surface area contributed by atoms with Crippen molar-refractivity contribution in [1.29, 1.82) is 0 Å². The average Bonchev–Trinajstić information content (AvgIpc) is 3.00. The molecule has 1 amide bonds. The van der Waals surface area contributed by atoms with Crippen LogP contribution in [0.5, 0.6) is 0 Å². The number of carbonyl (C=O) groups is 1. The second kappa shape index (κ2) is 6.79. The molecule has 1 atom stereocenters. The van der Waals surface area contributed by atoms with Gasteiger partial charge < -0.3 is 10.2 Å². The maximum Gasteiger partial charge on any atom is 0.260 e. The van der Waals surface area contributed by atoms with Gasteiger partial charge in [-0.25, -0.2) is 8.78 Å². The van der Waals surface area contributed by atoms with Crippen LogP contribution in [-0.2, 0) is 6.42 Å². The molecule has 1 aliphatic heterocycles. The zero-order valence-corrected chi connectivity index (χ0v) is 14.6. The number of anilines is 3. The van der Waals surface area contributed by atoms with E-state index in [2.05, 4.69) is 10.3 Å². The Hall–Kier alpha value is -3.28. The van der Waals surface area contributed by atoms with Crippen molar-refractivity contribution >= 4 is 23.0 Å². The number of nitrogens with one attached hydrogen (secondary N) is 1. The van der Waals surface area contributed by atoms with E-state index in [4.69, 9.17) is 0 Å². The van der Waals surface area contributed by atoms with E-state index in [-0.39, 0.29) is 11.9 Å². The zero-order chi connectivity index (χ0) is 19.0. The molecule has 0 fully saturated rings.